The minimum Gasteiger partial charge on any atom is -0.308 e. The fourth-order valence-corrected chi connectivity index (χ4v) is 4.49. The quantitative estimate of drug-likeness (QED) is 0.657. The molecule has 1 aromatic heterocycles. The van der Waals surface area contributed by atoms with Crippen LogP contribution in [-0.2, 0) is 6.54 Å². The van der Waals surface area contributed by atoms with Crippen LogP contribution in [0.4, 0.5) is 0 Å². The van der Waals surface area contributed by atoms with E-state index in [1.807, 2.05) is 29.6 Å². The monoisotopic (exact) mass is 374 g/mol. The number of thiophene rings is 1. The first kappa shape index (κ1) is 16.0. The van der Waals surface area contributed by atoms with Gasteiger partial charge in [-0.25, -0.2) is 4.90 Å². The molecule has 3 amide bonds. The molecule has 0 bridgehead atoms. The molecule has 0 saturated carbocycles. The molecule has 5 nitrogen and oxygen atoms in total. The van der Waals surface area contributed by atoms with Gasteiger partial charge < -0.3 is 4.90 Å². The predicted molar refractivity (Wildman–Crippen MR) is 100 cm³/mol. The van der Waals surface area contributed by atoms with Gasteiger partial charge in [0.15, 0.2) is 0 Å². The van der Waals surface area contributed by atoms with E-state index in [1.165, 1.54) is 4.90 Å². The molecule has 2 aliphatic heterocycles. The fraction of sp³-hybridized carbons (Fsp3) is 0.0952. The predicted octanol–water partition coefficient (Wildman–Crippen LogP) is 3.70. The van der Waals surface area contributed by atoms with Gasteiger partial charge in [0.25, 0.3) is 17.7 Å². The van der Waals surface area contributed by atoms with E-state index in [0.717, 1.165) is 4.88 Å². The van der Waals surface area contributed by atoms with Crippen molar-refractivity contribution in [2.24, 2.45) is 0 Å². The number of imide groups is 1. The fourth-order valence-electron chi connectivity index (χ4n) is 3.79. The number of carbonyl (C=O) groups is 3. The van der Waals surface area contributed by atoms with Crippen molar-refractivity contribution in [2.75, 3.05) is 0 Å². The van der Waals surface area contributed by atoms with Crippen LogP contribution >= 0.6 is 11.3 Å². The summed E-state index contributed by atoms with van der Waals surface area (Å²) in [4.78, 5) is 42.9. The van der Waals surface area contributed by atoms with Gasteiger partial charge >= 0.3 is 0 Å². The van der Waals surface area contributed by atoms with E-state index in [2.05, 4.69) is 0 Å². The third kappa shape index (κ3) is 2.27. The molecule has 0 fully saturated rings. The molecule has 5 rings (SSSR count). The Morgan fingerprint density at radius 2 is 1.37 bits per heavy atom. The van der Waals surface area contributed by atoms with Crippen LogP contribution in [-0.4, -0.2) is 27.5 Å². The van der Waals surface area contributed by atoms with Crippen molar-refractivity contribution in [3.05, 3.63) is 93.2 Å². The zero-order chi connectivity index (χ0) is 18.5. The lowest BCUT2D eigenvalue weighted by molar-refractivity contribution is 0.0311. The average molecular weight is 374 g/mol. The van der Waals surface area contributed by atoms with Crippen molar-refractivity contribution in [3.63, 3.8) is 0 Å². The molecule has 1 unspecified atom stereocenters. The summed E-state index contributed by atoms with van der Waals surface area (Å²) in [5.41, 5.74) is 2.00. The summed E-state index contributed by atoms with van der Waals surface area (Å²) in [6.07, 6.45) is -0.733. The zero-order valence-electron chi connectivity index (χ0n) is 14.2. The van der Waals surface area contributed by atoms with Crippen molar-refractivity contribution in [1.82, 2.24) is 9.80 Å². The Labute approximate surface area is 159 Å². The van der Waals surface area contributed by atoms with Crippen LogP contribution in [0.3, 0.4) is 0 Å². The van der Waals surface area contributed by atoms with Crippen LogP contribution in [0, 0.1) is 0 Å². The van der Waals surface area contributed by atoms with E-state index < -0.39 is 6.17 Å². The number of nitrogens with zero attached hydrogens (tertiary/aromatic N) is 2. The van der Waals surface area contributed by atoms with Crippen LogP contribution in [0.25, 0.3) is 0 Å². The number of carbonyl (C=O) groups excluding carboxylic acids is 3. The van der Waals surface area contributed by atoms with E-state index in [1.54, 1.807) is 52.6 Å². The first-order chi connectivity index (χ1) is 13.2. The van der Waals surface area contributed by atoms with Gasteiger partial charge in [-0.15, -0.1) is 11.3 Å². The smallest absolute Gasteiger partial charge is 0.263 e. The minimum absolute atomic E-state index is 0.166. The Balaban J connectivity index is 1.63. The SMILES string of the molecule is O=C1c2ccccc2C(N2C(=O)c3ccccc3C2=O)N1Cc1cccs1. The lowest BCUT2D eigenvalue weighted by atomic mass is 10.1. The summed E-state index contributed by atoms with van der Waals surface area (Å²) < 4.78 is 0. The maximum absolute atomic E-state index is 13.1. The molecular weight excluding hydrogens is 360 g/mol. The first-order valence-corrected chi connectivity index (χ1v) is 9.44. The van der Waals surface area contributed by atoms with E-state index in [0.29, 0.717) is 28.8 Å². The largest absolute Gasteiger partial charge is 0.308 e. The van der Waals surface area contributed by atoms with E-state index >= 15 is 0 Å². The highest BCUT2D eigenvalue weighted by Crippen LogP contribution is 2.41. The average Bonchev–Trinajstić information content (AvgIpc) is 3.36. The Morgan fingerprint density at radius 3 is 2.00 bits per heavy atom. The van der Waals surface area contributed by atoms with Crippen LogP contribution < -0.4 is 0 Å². The van der Waals surface area contributed by atoms with Gasteiger partial charge in [-0.2, -0.15) is 0 Å². The van der Waals surface area contributed by atoms with Gasteiger partial charge in [0, 0.05) is 16.0 Å². The summed E-state index contributed by atoms with van der Waals surface area (Å²) in [5.74, 6) is -0.886. The Kier molecular flexibility index (Phi) is 3.48. The third-order valence-electron chi connectivity index (χ3n) is 5.00. The summed E-state index contributed by atoms with van der Waals surface area (Å²) in [6.45, 7) is 0.350. The Morgan fingerprint density at radius 1 is 0.741 bits per heavy atom. The lowest BCUT2D eigenvalue weighted by Gasteiger charge is -2.31. The number of rotatable bonds is 3. The maximum atomic E-state index is 13.1. The van der Waals surface area contributed by atoms with E-state index in [-0.39, 0.29) is 17.7 Å². The number of hydrogen-bond donors (Lipinski definition) is 0. The van der Waals surface area contributed by atoms with Gasteiger partial charge in [-0.05, 0) is 29.6 Å². The highest BCUT2D eigenvalue weighted by atomic mass is 32.1. The first-order valence-electron chi connectivity index (χ1n) is 8.56. The molecule has 0 N–H and O–H groups in total. The molecule has 0 spiro atoms. The van der Waals surface area contributed by atoms with Crippen molar-refractivity contribution in [2.45, 2.75) is 12.7 Å². The van der Waals surface area contributed by atoms with Crippen LogP contribution in [0.1, 0.15) is 47.7 Å². The van der Waals surface area contributed by atoms with Crippen LogP contribution in [0.15, 0.2) is 66.0 Å². The molecular formula is C21H14N2O3S. The second-order valence-corrected chi connectivity index (χ2v) is 7.53. The van der Waals surface area contributed by atoms with E-state index in [4.69, 9.17) is 0 Å². The maximum Gasteiger partial charge on any atom is 0.263 e. The number of fused-ring (bicyclic) bond motifs is 2. The Bertz CT molecular complexity index is 1060. The Hall–Kier alpha value is -3.25. The van der Waals surface area contributed by atoms with Crippen molar-refractivity contribution in [3.8, 4) is 0 Å². The molecule has 0 aliphatic carbocycles. The summed E-state index contributed by atoms with van der Waals surface area (Å²) in [7, 11) is 0. The summed E-state index contributed by atoms with van der Waals surface area (Å²) in [6, 6.07) is 17.8. The van der Waals surface area contributed by atoms with Gasteiger partial charge in [0.1, 0.15) is 6.17 Å². The standard InChI is InChI=1S/C21H14N2O3S/c24-19-15-8-2-1-7-14(15)18(22(19)12-13-6-5-11-27-13)23-20(25)16-9-3-4-10-17(16)21(23)26/h1-11,18H,12H2. The van der Waals surface area contributed by atoms with Crippen molar-refractivity contribution in [1.29, 1.82) is 0 Å². The molecule has 1 atom stereocenters. The molecule has 2 aliphatic rings. The highest BCUT2D eigenvalue weighted by Gasteiger charge is 2.48. The molecule has 132 valence electrons. The van der Waals surface area contributed by atoms with Crippen LogP contribution in [0.2, 0.25) is 0 Å². The molecule has 6 heteroatoms. The lowest BCUT2D eigenvalue weighted by Crippen LogP contribution is -2.42. The van der Waals surface area contributed by atoms with Crippen LogP contribution in [0.5, 0.6) is 0 Å². The zero-order valence-corrected chi connectivity index (χ0v) is 15.0. The van der Waals surface area contributed by atoms with Gasteiger partial charge in [-0.1, -0.05) is 36.4 Å². The normalized spacial score (nSPS) is 18.2. The molecule has 3 aromatic rings. The molecule has 2 aromatic carbocycles. The van der Waals surface area contributed by atoms with Crippen molar-refractivity contribution >= 4 is 29.1 Å². The third-order valence-corrected chi connectivity index (χ3v) is 5.86. The second kappa shape index (κ2) is 5.89. The van der Waals surface area contributed by atoms with Gasteiger partial charge in [0.2, 0.25) is 0 Å². The van der Waals surface area contributed by atoms with Crippen molar-refractivity contribution < 1.29 is 14.4 Å². The molecule has 0 radical (unpaired) electrons. The number of hydrogen-bond acceptors (Lipinski definition) is 4. The van der Waals surface area contributed by atoms with Gasteiger partial charge in [0.05, 0.1) is 17.7 Å². The summed E-state index contributed by atoms with van der Waals surface area (Å²) >= 11 is 1.54. The molecule has 27 heavy (non-hydrogen) atoms. The molecule has 3 heterocycles. The topological polar surface area (TPSA) is 57.7 Å². The number of benzene rings is 2. The summed E-state index contributed by atoms with van der Waals surface area (Å²) in [5, 5.41) is 1.94. The minimum atomic E-state index is -0.733. The number of amides is 3. The van der Waals surface area contributed by atoms with Gasteiger partial charge in [-0.3, -0.25) is 14.4 Å². The van der Waals surface area contributed by atoms with E-state index in [9.17, 15) is 14.4 Å². The second-order valence-electron chi connectivity index (χ2n) is 6.50. The molecule has 0 saturated heterocycles. The highest BCUT2D eigenvalue weighted by molar-refractivity contribution is 7.09.